The van der Waals surface area contributed by atoms with Gasteiger partial charge in [0.2, 0.25) is 12.3 Å². The number of benzene rings is 2. The molecule has 0 saturated carbocycles. The van der Waals surface area contributed by atoms with E-state index in [1.165, 1.54) is 6.39 Å². The maximum absolute atomic E-state index is 12.7. The van der Waals surface area contributed by atoms with Crippen molar-refractivity contribution in [2.75, 3.05) is 5.32 Å². The van der Waals surface area contributed by atoms with Crippen molar-refractivity contribution in [1.82, 2.24) is 20.2 Å². The first-order valence-electron chi connectivity index (χ1n) is 7.19. The van der Waals surface area contributed by atoms with Gasteiger partial charge in [0.25, 0.3) is 5.91 Å². The molecule has 2 heterocycles. The molecule has 8 nitrogen and oxygen atoms in total. The molecule has 4 aromatic rings. The second-order valence-corrected chi connectivity index (χ2v) is 6.15. The first kappa shape index (κ1) is 15.3. The number of fused-ring (bicyclic) bond motifs is 1. The molecule has 4 rings (SSSR count). The van der Waals surface area contributed by atoms with Crippen LogP contribution in [0.25, 0.3) is 22.5 Å². The first-order valence-corrected chi connectivity index (χ1v) is 7.99. The number of carbonyl (C=O) groups excluding carboxylic acids is 1. The number of hydrogen-bond acceptors (Lipinski definition) is 5. The van der Waals surface area contributed by atoms with E-state index >= 15 is 0 Å². The van der Waals surface area contributed by atoms with Gasteiger partial charge in [0.05, 0.1) is 16.6 Å². The second-order valence-electron chi connectivity index (χ2n) is 5.23. The average molecular weight is 400 g/mol. The Kier molecular flexibility index (Phi) is 3.69. The Morgan fingerprint density at radius 1 is 1.20 bits per heavy atom. The van der Waals surface area contributed by atoms with Crippen molar-refractivity contribution in [3.8, 4) is 11.5 Å². The van der Waals surface area contributed by atoms with E-state index in [0.29, 0.717) is 38.2 Å². The Morgan fingerprint density at radius 2 is 2.08 bits per heavy atom. The molecule has 0 aliphatic heterocycles. The Labute approximate surface area is 148 Å². The maximum Gasteiger partial charge on any atom is 0.323 e. The minimum absolute atomic E-state index is 0.339. The van der Waals surface area contributed by atoms with Crippen LogP contribution in [0.2, 0.25) is 0 Å². The third-order valence-electron chi connectivity index (χ3n) is 3.56. The van der Waals surface area contributed by atoms with Gasteiger partial charge in [0.1, 0.15) is 0 Å². The number of rotatable bonds is 3. The summed E-state index contributed by atoms with van der Waals surface area (Å²) in [5, 5.41) is 10.3. The molecule has 0 saturated heterocycles. The van der Waals surface area contributed by atoms with Gasteiger partial charge in [-0.2, -0.15) is 0 Å². The molecule has 1 amide bonds. The second kappa shape index (κ2) is 6.02. The zero-order valence-electron chi connectivity index (χ0n) is 12.5. The van der Waals surface area contributed by atoms with E-state index in [1.54, 1.807) is 36.4 Å². The zero-order chi connectivity index (χ0) is 17.4. The summed E-state index contributed by atoms with van der Waals surface area (Å²) in [6, 6.07) is 10.4. The average Bonchev–Trinajstić information content (AvgIpc) is 3.23. The summed E-state index contributed by atoms with van der Waals surface area (Å²) < 4.78 is 5.84. The molecule has 124 valence electrons. The zero-order valence-corrected chi connectivity index (χ0v) is 14.1. The minimum Gasteiger partial charge on any atom is -0.423 e. The summed E-state index contributed by atoms with van der Waals surface area (Å²) in [6.07, 6.45) is 1.24. The predicted molar refractivity (Wildman–Crippen MR) is 94.3 cm³/mol. The van der Waals surface area contributed by atoms with Gasteiger partial charge in [-0.05, 0) is 30.3 Å². The third kappa shape index (κ3) is 2.96. The molecule has 2 aromatic carbocycles. The van der Waals surface area contributed by atoms with E-state index in [2.05, 4.69) is 41.4 Å². The molecule has 2 aromatic heterocycles. The summed E-state index contributed by atoms with van der Waals surface area (Å²) in [4.78, 5) is 29.5. The number of halogens is 1. The number of nitrogens with zero attached hydrogens (tertiary/aromatic N) is 2. The molecule has 0 fully saturated rings. The number of nitrogens with one attached hydrogen (secondary N) is 3. The lowest BCUT2D eigenvalue weighted by atomic mass is 10.1. The van der Waals surface area contributed by atoms with E-state index in [0.717, 1.165) is 0 Å². The smallest absolute Gasteiger partial charge is 0.323 e. The summed E-state index contributed by atoms with van der Waals surface area (Å²) in [5.74, 6) is 0.000128. The lowest BCUT2D eigenvalue weighted by molar-refractivity contribution is 0.102. The first-order chi connectivity index (χ1) is 12.1. The highest BCUT2D eigenvalue weighted by Crippen LogP contribution is 2.24. The van der Waals surface area contributed by atoms with Gasteiger partial charge in [-0.3, -0.25) is 4.79 Å². The van der Waals surface area contributed by atoms with E-state index in [9.17, 15) is 9.59 Å². The van der Waals surface area contributed by atoms with Crippen LogP contribution in [0.5, 0.6) is 0 Å². The van der Waals surface area contributed by atoms with E-state index in [1.807, 2.05) is 0 Å². The highest BCUT2D eigenvalue weighted by atomic mass is 79.9. The third-order valence-corrected chi connectivity index (χ3v) is 4.02. The number of H-pyrrole nitrogens is 2. The van der Waals surface area contributed by atoms with Crippen molar-refractivity contribution in [3.63, 3.8) is 0 Å². The van der Waals surface area contributed by atoms with Crippen molar-refractivity contribution in [2.24, 2.45) is 0 Å². The van der Waals surface area contributed by atoms with Gasteiger partial charge in [0.15, 0.2) is 0 Å². The number of aromatic nitrogens is 4. The van der Waals surface area contributed by atoms with Crippen LogP contribution in [0.4, 0.5) is 5.69 Å². The normalized spacial score (nSPS) is 10.9. The monoisotopic (exact) mass is 399 g/mol. The molecule has 0 aliphatic rings. The number of imidazole rings is 1. The molecule has 0 bridgehead atoms. The summed E-state index contributed by atoms with van der Waals surface area (Å²) in [5.41, 5.74) is 2.20. The van der Waals surface area contributed by atoms with Crippen LogP contribution in [-0.4, -0.2) is 26.1 Å². The lowest BCUT2D eigenvalue weighted by Gasteiger charge is -2.07. The molecular formula is C16H10BrN5O3. The number of carbonyl (C=O) groups is 1. The Bertz CT molecular complexity index is 1130. The standard InChI is InChI=1S/C16H10BrN5O3/c17-9-5-11(13-12(6-9)20-16(24)21-13)14(23)19-10-3-1-2-8(4-10)15-22-18-7-25-15/h1-7H,(H,19,23)(H2,20,21,24). The number of anilines is 1. The topological polar surface area (TPSA) is 117 Å². The SMILES string of the molecule is O=C(Nc1cccc(-c2nnco2)c1)c1cc(Br)cc2[nH]c(=O)[nH]c12. The van der Waals surface area contributed by atoms with Gasteiger partial charge in [-0.15, -0.1) is 10.2 Å². The summed E-state index contributed by atoms with van der Waals surface area (Å²) >= 11 is 3.34. The van der Waals surface area contributed by atoms with Gasteiger partial charge in [-0.25, -0.2) is 4.79 Å². The van der Waals surface area contributed by atoms with Crippen molar-refractivity contribution < 1.29 is 9.21 Å². The van der Waals surface area contributed by atoms with Crippen LogP contribution >= 0.6 is 15.9 Å². The fourth-order valence-corrected chi connectivity index (χ4v) is 2.97. The van der Waals surface area contributed by atoms with E-state index < -0.39 is 0 Å². The molecule has 0 radical (unpaired) electrons. The molecule has 0 spiro atoms. The van der Waals surface area contributed by atoms with Crippen LogP contribution in [0.3, 0.4) is 0 Å². The molecule has 9 heteroatoms. The number of amides is 1. The molecule has 0 atom stereocenters. The maximum atomic E-state index is 12.7. The molecule has 3 N–H and O–H groups in total. The Morgan fingerprint density at radius 3 is 2.88 bits per heavy atom. The van der Waals surface area contributed by atoms with Crippen molar-refractivity contribution >= 4 is 38.6 Å². The molecule has 0 aliphatic carbocycles. The van der Waals surface area contributed by atoms with Crippen LogP contribution in [0.15, 0.2) is 56.5 Å². The van der Waals surface area contributed by atoms with Crippen LogP contribution in [0, 0.1) is 0 Å². The van der Waals surface area contributed by atoms with Crippen LogP contribution in [-0.2, 0) is 0 Å². The molecule has 25 heavy (non-hydrogen) atoms. The van der Waals surface area contributed by atoms with Crippen molar-refractivity contribution in [3.05, 3.63) is 63.3 Å². The molecular weight excluding hydrogens is 390 g/mol. The Balaban J connectivity index is 1.69. The van der Waals surface area contributed by atoms with Crippen LogP contribution < -0.4 is 11.0 Å². The summed E-state index contributed by atoms with van der Waals surface area (Å²) in [6.45, 7) is 0. The predicted octanol–water partition coefficient (Wildman–Crippen LogP) is 2.92. The van der Waals surface area contributed by atoms with Gasteiger partial charge >= 0.3 is 5.69 Å². The van der Waals surface area contributed by atoms with Crippen molar-refractivity contribution in [2.45, 2.75) is 0 Å². The number of hydrogen-bond donors (Lipinski definition) is 3. The molecule has 0 unspecified atom stereocenters. The van der Waals surface area contributed by atoms with E-state index in [4.69, 9.17) is 4.42 Å². The quantitative estimate of drug-likeness (QED) is 0.489. The minimum atomic E-state index is -0.374. The van der Waals surface area contributed by atoms with Gasteiger partial charge < -0.3 is 19.7 Å². The van der Waals surface area contributed by atoms with Gasteiger partial charge in [0, 0.05) is 15.7 Å². The fourth-order valence-electron chi connectivity index (χ4n) is 2.51. The Hall–Kier alpha value is -3.20. The van der Waals surface area contributed by atoms with Gasteiger partial charge in [-0.1, -0.05) is 22.0 Å². The fraction of sp³-hybridized carbons (Fsp3) is 0. The van der Waals surface area contributed by atoms with Crippen LogP contribution in [0.1, 0.15) is 10.4 Å². The highest BCUT2D eigenvalue weighted by molar-refractivity contribution is 9.10. The number of aromatic amines is 2. The highest BCUT2D eigenvalue weighted by Gasteiger charge is 2.15. The summed E-state index contributed by atoms with van der Waals surface area (Å²) in [7, 11) is 0. The van der Waals surface area contributed by atoms with E-state index in [-0.39, 0.29) is 11.6 Å². The van der Waals surface area contributed by atoms with Crippen molar-refractivity contribution in [1.29, 1.82) is 0 Å². The largest absolute Gasteiger partial charge is 0.423 e. The lowest BCUT2D eigenvalue weighted by Crippen LogP contribution is -2.13.